The fourth-order valence-electron chi connectivity index (χ4n) is 1.54. The summed E-state index contributed by atoms with van der Waals surface area (Å²) in [6, 6.07) is 3.34. The Kier molecular flexibility index (Phi) is 3.63. The molecule has 1 heterocycles. The van der Waals surface area contributed by atoms with Gasteiger partial charge in [0, 0.05) is 23.2 Å². The summed E-state index contributed by atoms with van der Waals surface area (Å²) in [5.41, 5.74) is -0.646. The van der Waals surface area contributed by atoms with Crippen LogP contribution in [0.15, 0.2) is 22.7 Å². The summed E-state index contributed by atoms with van der Waals surface area (Å²) in [5.74, 6) is -0.432. The Bertz CT molecular complexity index is 472. The molecule has 0 bridgehead atoms. The number of hydrogen-bond donors (Lipinski definition) is 2. The van der Waals surface area contributed by atoms with Gasteiger partial charge >= 0.3 is 6.18 Å². The first kappa shape index (κ1) is 13.4. The first-order valence-corrected chi connectivity index (χ1v) is 6.05. The van der Waals surface area contributed by atoms with E-state index in [1.807, 2.05) is 0 Å². The Morgan fingerprint density at radius 1 is 1.33 bits per heavy atom. The van der Waals surface area contributed by atoms with Crippen molar-refractivity contribution >= 4 is 27.5 Å². The molecule has 18 heavy (non-hydrogen) atoms. The van der Waals surface area contributed by atoms with Crippen LogP contribution in [0, 0.1) is 5.92 Å². The number of carbonyl (C=O) groups excluding carboxylic acids is 1. The van der Waals surface area contributed by atoms with Crippen LogP contribution in [0.4, 0.5) is 18.9 Å². The molecule has 1 aromatic rings. The zero-order valence-electron chi connectivity index (χ0n) is 9.14. The number of rotatable bonds is 2. The molecule has 3 nitrogen and oxygen atoms in total. The van der Waals surface area contributed by atoms with Crippen molar-refractivity contribution in [2.45, 2.75) is 6.18 Å². The van der Waals surface area contributed by atoms with Gasteiger partial charge < -0.3 is 10.6 Å². The van der Waals surface area contributed by atoms with Gasteiger partial charge in [-0.2, -0.15) is 13.2 Å². The van der Waals surface area contributed by atoms with Gasteiger partial charge in [-0.05, 0) is 18.2 Å². The Balaban J connectivity index is 2.17. The van der Waals surface area contributed by atoms with E-state index in [0.717, 1.165) is 12.1 Å². The third kappa shape index (κ3) is 3.02. The smallest absolute Gasteiger partial charge is 0.326 e. The quantitative estimate of drug-likeness (QED) is 0.878. The average Bonchev–Trinajstić information content (AvgIpc) is 2.11. The van der Waals surface area contributed by atoms with E-state index in [0.29, 0.717) is 13.1 Å². The van der Waals surface area contributed by atoms with Crippen LogP contribution in [0.25, 0.3) is 0 Å². The maximum Gasteiger partial charge on any atom is 0.416 e. The van der Waals surface area contributed by atoms with E-state index in [4.69, 9.17) is 0 Å². The minimum Gasteiger partial charge on any atom is -0.326 e. The number of anilines is 1. The lowest BCUT2D eigenvalue weighted by atomic mass is 10.0. The normalized spacial score (nSPS) is 16.2. The van der Waals surface area contributed by atoms with Crippen LogP contribution in [0.1, 0.15) is 5.56 Å². The molecule has 0 aliphatic carbocycles. The Labute approximate surface area is 110 Å². The van der Waals surface area contributed by atoms with E-state index in [9.17, 15) is 18.0 Å². The highest BCUT2D eigenvalue weighted by Crippen LogP contribution is 2.33. The number of hydrogen-bond acceptors (Lipinski definition) is 2. The van der Waals surface area contributed by atoms with Gasteiger partial charge in [0.05, 0.1) is 11.5 Å². The minimum atomic E-state index is -4.43. The number of amides is 1. The molecule has 2 N–H and O–H groups in total. The molecule has 1 aliphatic heterocycles. The van der Waals surface area contributed by atoms with Gasteiger partial charge in [0.1, 0.15) is 0 Å². The first-order chi connectivity index (χ1) is 8.36. The highest BCUT2D eigenvalue weighted by molar-refractivity contribution is 9.10. The molecule has 0 atom stereocenters. The van der Waals surface area contributed by atoms with E-state index in [1.165, 1.54) is 6.07 Å². The lowest BCUT2D eigenvalue weighted by Gasteiger charge is -2.25. The zero-order valence-corrected chi connectivity index (χ0v) is 10.7. The summed E-state index contributed by atoms with van der Waals surface area (Å²) in [6.45, 7) is 1.12. The predicted molar refractivity (Wildman–Crippen MR) is 64.1 cm³/mol. The van der Waals surface area contributed by atoms with Crippen molar-refractivity contribution in [2.24, 2.45) is 5.92 Å². The third-order valence-corrected chi connectivity index (χ3v) is 3.10. The standard InChI is InChI=1S/C11H10BrF3N2O/c12-8-1-7(11(13,14)15)2-9(3-8)17-10(18)6-4-16-5-6/h1-3,6,16H,4-5H2,(H,17,18). The van der Waals surface area contributed by atoms with Gasteiger partial charge in [-0.25, -0.2) is 0 Å². The van der Waals surface area contributed by atoms with Gasteiger partial charge in [-0.3, -0.25) is 4.79 Å². The fraction of sp³-hybridized carbons (Fsp3) is 0.364. The number of carbonyl (C=O) groups is 1. The summed E-state index contributed by atoms with van der Waals surface area (Å²) in [7, 11) is 0. The predicted octanol–water partition coefficient (Wildman–Crippen LogP) is 2.63. The van der Waals surface area contributed by atoms with Gasteiger partial charge in [0.15, 0.2) is 0 Å². The van der Waals surface area contributed by atoms with Crippen molar-refractivity contribution in [3.63, 3.8) is 0 Å². The Morgan fingerprint density at radius 2 is 2.00 bits per heavy atom. The number of nitrogens with one attached hydrogen (secondary N) is 2. The van der Waals surface area contributed by atoms with Crippen molar-refractivity contribution in [2.75, 3.05) is 18.4 Å². The van der Waals surface area contributed by atoms with Crippen LogP contribution in [0.2, 0.25) is 0 Å². The van der Waals surface area contributed by atoms with E-state index in [-0.39, 0.29) is 22.0 Å². The van der Waals surface area contributed by atoms with Crippen LogP contribution in [-0.2, 0) is 11.0 Å². The third-order valence-electron chi connectivity index (χ3n) is 2.64. The molecule has 0 spiro atoms. The molecule has 0 saturated carbocycles. The maximum absolute atomic E-state index is 12.6. The molecule has 2 rings (SSSR count). The number of halogens is 4. The molecule has 1 fully saturated rings. The average molecular weight is 323 g/mol. The maximum atomic E-state index is 12.6. The number of alkyl halides is 3. The van der Waals surface area contributed by atoms with Gasteiger partial charge in [0.2, 0.25) is 5.91 Å². The van der Waals surface area contributed by atoms with Crippen LogP contribution in [0.3, 0.4) is 0 Å². The second-order valence-electron chi connectivity index (χ2n) is 4.07. The van der Waals surface area contributed by atoms with Gasteiger partial charge in [-0.1, -0.05) is 15.9 Å². The monoisotopic (exact) mass is 322 g/mol. The SMILES string of the molecule is O=C(Nc1cc(Br)cc(C(F)(F)F)c1)C1CNC1. The zero-order chi connectivity index (χ0) is 13.3. The highest BCUT2D eigenvalue weighted by Gasteiger charge is 2.31. The van der Waals surface area contributed by atoms with Crippen LogP contribution < -0.4 is 10.6 Å². The molecule has 0 aromatic heterocycles. The lowest BCUT2D eigenvalue weighted by molar-refractivity contribution is -0.137. The largest absolute Gasteiger partial charge is 0.416 e. The van der Waals surface area contributed by atoms with Crippen molar-refractivity contribution in [3.05, 3.63) is 28.2 Å². The second-order valence-corrected chi connectivity index (χ2v) is 4.99. The number of benzene rings is 1. The Morgan fingerprint density at radius 3 is 2.50 bits per heavy atom. The van der Waals surface area contributed by atoms with E-state index >= 15 is 0 Å². The topological polar surface area (TPSA) is 41.1 Å². The fourth-order valence-corrected chi connectivity index (χ4v) is 2.04. The van der Waals surface area contributed by atoms with Gasteiger partial charge in [-0.15, -0.1) is 0 Å². The summed E-state index contributed by atoms with van der Waals surface area (Å²) in [5, 5.41) is 5.41. The summed E-state index contributed by atoms with van der Waals surface area (Å²) < 4.78 is 38.0. The minimum absolute atomic E-state index is 0.147. The van der Waals surface area contributed by atoms with E-state index in [2.05, 4.69) is 26.6 Å². The molecule has 1 amide bonds. The van der Waals surface area contributed by atoms with Gasteiger partial charge in [0.25, 0.3) is 0 Å². The summed E-state index contributed by atoms with van der Waals surface area (Å²) >= 11 is 3.00. The van der Waals surface area contributed by atoms with Crippen molar-refractivity contribution < 1.29 is 18.0 Å². The van der Waals surface area contributed by atoms with Crippen LogP contribution in [-0.4, -0.2) is 19.0 Å². The lowest BCUT2D eigenvalue weighted by Crippen LogP contribution is -2.48. The summed E-state index contributed by atoms with van der Waals surface area (Å²) in [6.07, 6.45) is -4.43. The molecule has 0 unspecified atom stereocenters. The summed E-state index contributed by atoms with van der Waals surface area (Å²) in [4.78, 5) is 11.6. The van der Waals surface area contributed by atoms with Crippen LogP contribution in [0.5, 0.6) is 0 Å². The molecule has 1 aliphatic rings. The van der Waals surface area contributed by atoms with E-state index in [1.54, 1.807) is 0 Å². The van der Waals surface area contributed by atoms with Crippen molar-refractivity contribution in [1.29, 1.82) is 0 Å². The van der Waals surface area contributed by atoms with Crippen molar-refractivity contribution in [1.82, 2.24) is 5.32 Å². The van der Waals surface area contributed by atoms with E-state index < -0.39 is 11.7 Å². The molecule has 7 heteroatoms. The van der Waals surface area contributed by atoms with Crippen molar-refractivity contribution in [3.8, 4) is 0 Å². The highest BCUT2D eigenvalue weighted by atomic mass is 79.9. The molecule has 1 saturated heterocycles. The molecular formula is C11H10BrF3N2O. The Hall–Kier alpha value is -1.08. The molecule has 1 aromatic carbocycles. The molecular weight excluding hydrogens is 313 g/mol. The second kappa shape index (κ2) is 4.89. The van der Waals surface area contributed by atoms with Crippen LogP contribution >= 0.6 is 15.9 Å². The molecule has 98 valence electrons. The first-order valence-electron chi connectivity index (χ1n) is 5.25. The molecule has 0 radical (unpaired) electrons.